The van der Waals surface area contributed by atoms with Gasteiger partial charge in [-0.05, 0) is 45.3 Å². The normalized spacial score (nSPS) is 11.8. The second-order valence-electron chi connectivity index (χ2n) is 7.75. The van der Waals surface area contributed by atoms with E-state index in [0.29, 0.717) is 17.2 Å². The van der Waals surface area contributed by atoms with E-state index in [9.17, 15) is 0 Å². The Labute approximate surface area is 210 Å². The maximum atomic E-state index is 5.14. The summed E-state index contributed by atoms with van der Waals surface area (Å²) in [5.74, 6) is 0. The van der Waals surface area contributed by atoms with Crippen LogP contribution in [0, 0.1) is 0 Å². The standard InChI is InChI=1S/C28H20N2P2.Pt/c1-3-7-22(8-4-1)31-24-17-15-20-13-11-19-12-14-21-16-18-25(32-23-9-5-2-6-10-23)30-28(21)26(19)27(20)29-24;/h1-18,31-32H;. The van der Waals surface area contributed by atoms with Crippen molar-refractivity contribution >= 4 is 71.2 Å². The topological polar surface area (TPSA) is 25.8 Å². The largest absolute Gasteiger partial charge is 0.247 e. The van der Waals surface area contributed by atoms with Crippen molar-refractivity contribution in [2.24, 2.45) is 0 Å². The molecule has 33 heavy (non-hydrogen) atoms. The van der Waals surface area contributed by atoms with Gasteiger partial charge < -0.3 is 0 Å². The van der Waals surface area contributed by atoms with E-state index in [-0.39, 0.29) is 21.1 Å². The van der Waals surface area contributed by atoms with Crippen LogP contribution in [0.25, 0.3) is 32.6 Å². The summed E-state index contributed by atoms with van der Waals surface area (Å²) in [5, 5.41) is 7.25. The van der Waals surface area contributed by atoms with Crippen LogP contribution in [0.3, 0.4) is 0 Å². The van der Waals surface area contributed by atoms with Crippen molar-refractivity contribution in [3.05, 3.63) is 109 Å². The van der Waals surface area contributed by atoms with E-state index in [1.807, 2.05) is 0 Å². The SMILES string of the molecule is [Pt].c1ccc(Pc2ccc3ccc4ccc5ccc(Pc6ccccc6)nc5c4c3n2)cc1. The Hall–Kier alpha value is -2.49. The first-order chi connectivity index (χ1) is 15.8. The van der Waals surface area contributed by atoms with Gasteiger partial charge in [0.2, 0.25) is 0 Å². The molecular weight excluding hydrogens is 621 g/mol. The maximum absolute atomic E-state index is 5.14. The number of hydrogen-bond donors (Lipinski definition) is 0. The van der Waals surface area contributed by atoms with Crippen LogP contribution in [0.5, 0.6) is 0 Å². The van der Waals surface area contributed by atoms with Crippen LogP contribution in [0.1, 0.15) is 0 Å². The molecule has 2 atom stereocenters. The minimum Gasteiger partial charge on any atom is -0.247 e. The van der Waals surface area contributed by atoms with Crippen LogP contribution in [-0.2, 0) is 21.1 Å². The fraction of sp³-hybridized carbons (Fsp3) is 0. The van der Waals surface area contributed by atoms with Crippen molar-refractivity contribution in [2.45, 2.75) is 0 Å². The summed E-state index contributed by atoms with van der Waals surface area (Å²) in [7, 11) is 1.07. The molecule has 162 valence electrons. The predicted octanol–water partition coefficient (Wildman–Crippen LogP) is 5.19. The van der Waals surface area contributed by atoms with Gasteiger partial charge in [-0.25, -0.2) is 9.97 Å². The molecule has 0 radical (unpaired) electrons. The number of fused-ring (bicyclic) bond motifs is 5. The minimum absolute atomic E-state index is 0. The number of hydrogen-bond acceptors (Lipinski definition) is 2. The van der Waals surface area contributed by atoms with Crippen LogP contribution in [0.2, 0.25) is 0 Å². The third-order valence-corrected chi connectivity index (χ3v) is 7.91. The van der Waals surface area contributed by atoms with Gasteiger partial charge in [0, 0.05) is 37.2 Å². The molecule has 0 saturated carbocycles. The number of nitrogens with zero attached hydrogens (tertiary/aromatic N) is 2. The zero-order chi connectivity index (χ0) is 21.3. The summed E-state index contributed by atoms with van der Waals surface area (Å²) in [5.41, 5.74) is 4.30. The van der Waals surface area contributed by atoms with Gasteiger partial charge in [0.1, 0.15) is 0 Å². The molecule has 2 aromatic heterocycles. The van der Waals surface area contributed by atoms with E-state index in [0.717, 1.165) is 38.1 Å². The predicted molar refractivity (Wildman–Crippen MR) is 143 cm³/mol. The van der Waals surface area contributed by atoms with Crippen molar-refractivity contribution in [1.82, 2.24) is 9.97 Å². The van der Waals surface area contributed by atoms with Gasteiger partial charge in [0.05, 0.1) is 21.9 Å². The second kappa shape index (κ2) is 9.78. The monoisotopic (exact) mass is 641 g/mol. The van der Waals surface area contributed by atoms with Crippen LogP contribution in [0.15, 0.2) is 109 Å². The van der Waals surface area contributed by atoms with E-state index < -0.39 is 0 Å². The Bertz CT molecular complexity index is 1460. The molecule has 0 aliphatic carbocycles. The molecule has 0 N–H and O–H groups in total. The zero-order valence-corrected chi connectivity index (χ0v) is 21.9. The van der Waals surface area contributed by atoms with Crippen LogP contribution in [-0.4, -0.2) is 9.97 Å². The Morgan fingerprint density at radius 1 is 0.424 bits per heavy atom. The van der Waals surface area contributed by atoms with Crippen LogP contribution < -0.4 is 21.5 Å². The summed E-state index contributed by atoms with van der Waals surface area (Å²) >= 11 is 0. The third kappa shape index (κ3) is 4.62. The molecule has 0 amide bonds. The van der Waals surface area contributed by atoms with E-state index in [1.54, 1.807) is 0 Å². The van der Waals surface area contributed by atoms with E-state index >= 15 is 0 Å². The van der Waals surface area contributed by atoms with Crippen molar-refractivity contribution in [1.29, 1.82) is 0 Å². The minimum atomic E-state index is 0. The number of benzene rings is 4. The van der Waals surface area contributed by atoms with Crippen molar-refractivity contribution < 1.29 is 21.1 Å². The molecule has 4 aromatic carbocycles. The van der Waals surface area contributed by atoms with Gasteiger partial charge in [0.15, 0.2) is 0 Å². The van der Waals surface area contributed by atoms with Gasteiger partial charge in [-0.3, -0.25) is 0 Å². The van der Waals surface area contributed by atoms with E-state index in [2.05, 4.69) is 109 Å². The molecule has 6 aromatic rings. The number of rotatable bonds is 4. The van der Waals surface area contributed by atoms with Gasteiger partial charge in [-0.2, -0.15) is 0 Å². The third-order valence-electron chi connectivity index (χ3n) is 5.59. The maximum Gasteiger partial charge on any atom is 0.0809 e. The van der Waals surface area contributed by atoms with E-state index in [1.165, 1.54) is 16.0 Å². The quantitative estimate of drug-likeness (QED) is 0.196. The Morgan fingerprint density at radius 2 is 0.818 bits per heavy atom. The Morgan fingerprint density at radius 3 is 1.27 bits per heavy atom. The van der Waals surface area contributed by atoms with E-state index in [4.69, 9.17) is 9.97 Å². The summed E-state index contributed by atoms with van der Waals surface area (Å²) < 4.78 is 0. The summed E-state index contributed by atoms with van der Waals surface area (Å²) in [6, 6.07) is 38.5. The molecule has 0 spiro atoms. The first-order valence-electron chi connectivity index (χ1n) is 10.6. The molecule has 2 unspecified atom stereocenters. The summed E-state index contributed by atoms with van der Waals surface area (Å²) in [6.45, 7) is 0. The number of pyridine rings is 2. The molecule has 0 aliphatic heterocycles. The first-order valence-corrected chi connectivity index (χ1v) is 12.6. The average Bonchev–Trinajstić information content (AvgIpc) is 2.85. The van der Waals surface area contributed by atoms with Gasteiger partial charge in [0.25, 0.3) is 0 Å². The molecule has 0 fully saturated rings. The van der Waals surface area contributed by atoms with Crippen LogP contribution >= 0.6 is 17.2 Å². The number of aromatic nitrogens is 2. The summed E-state index contributed by atoms with van der Waals surface area (Å²) in [6.07, 6.45) is 0. The molecule has 0 aliphatic rings. The van der Waals surface area contributed by atoms with Gasteiger partial charge >= 0.3 is 0 Å². The molecule has 2 nitrogen and oxygen atoms in total. The first kappa shape index (κ1) is 22.3. The van der Waals surface area contributed by atoms with Crippen molar-refractivity contribution in [3.63, 3.8) is 0 Å². The Balaban J connectivity index is 0.00000228. The molecule has 0 bridgehead atoms. The summed E-state index contributed by atoms with van der Waals surface area (Å²) in [4.78, 5) is 10.3. The smallest absolute Gasteiger partial charge is 0.0809 e. The van der Waals surface area contributed by atoms with Crippen molar-refractivity contribution in [3.8, 4) is 0 Å². The van der Waals surface area contributed by atoms with Crippen molar-refractivity contribution in [2.75, 3.05) is 0 Å². The fourth-order valence-electron chi connectivity index (χ4n) is 4.05. The zero-order valence-electron chi connectivity index (χ0n) is 17.6. The average molecular weight is 642 g/mol. The molecular formula is C28H20N2P2Pt. The molecule has 5 heteroatoms. The van der Waals surface area contributed by atoms with Gasteiger partial charge in [-0.1, -0.05) is 97.1 Å². The van der Waals surface area contributed by atoms with Gasteiger partial charge in [-0.15, -0.1) is 0 Å². The Kier molecular flexibility index (Phi) is 6.61. The fourth-order valence-corrected chi connectivity index (χ4v) is 6.03. The van der Waals surface area contributed by atoms with Crippen LogP contribution in [0.4, 0.5) is 0 Å². The molecule has 2 heterocycles. The molecule has 6 rings (SSSR count). The molecule has 0 saturated heterocycles. The second-order valence-corrected chi connectivity index (χ2v) is 10.4.